The summed E-state index contributed by atoms with van der Waals surface area (Å²) in [5, 5.41) is 3.30. The average Bonchev–Trinajstić information content (AvgIpc) is 3.30. The number of ether oxygens (including phenoxy) is 2. The molecule has 2 aromatic carbocycles. The summed E-state index contributed by atoms with van der Waals surface area (Å²) < 4.78 is 37.0. The van der Waals surface area contributed by atoms with Crippen LogP contribution in [0.15, 0.2) is 42.5 Å². The van der Waals surface area contributed by atoms with Gasteiger partial charge < -0.3 is 19.7 Å². The zero-order chi connectivity index (χ0) is 26.3. The maximum atomic E-state index is 13.4. The molecule has 2 aromatic rings. The zero-order valence-corrected chi connectivity index (χ0v) is 22.3. The van der Waals surface area contributed by atoms with Gasteiger partial charge in [-0.25, -0.2) is 8.42 Å². The van der Waals surface area contributed by atoms with Gasteiger partial charge in [0.2, 0.25) is 28.6 Å². The van der Waals surface area contributed by atoms with Crippen molar-refractivity contribution >= 4 is 39.1 Å². The average molecular weight is 538 g/mol. The third-order valence-electron chi connectivity index (χ3n) is 5.83. The van der Waals surface area contributed by atoms with E-state index in [1.165, 1.54) is 9.21 Å². The number of rotatable bonds is 12. The molecule has 0 bridgehead atoms. The number of carbonyl (C=O) groups excluding carboxylic acids is 2. The molecule has 0 aliphatic carbocycles. The van der Waals surface area contributed by atoms with E-state index in [-0.39, 0.29) is 44.5 Å². The number of halogens is 1. The summed E-state index contributed by atoms with van der Waals surface area (Å²) in [6, 6.07) is 11.4. The number of amides is 2. The Morgan fingerprint density at radius 3 is 2.50 bits per heavy atom. The van der Waals surface area contributed by atoms with Crippen molar-refractivity contribution in [2.24, 2.45) is 0 Å². The monoisotopic (exact) mass is 537 g/mol. The van der Waals surface area contributed by atoms with Crippen LogP contribution in [0.4, 0.5) is 5.69 Å². The van der Waals surface area contributed by atoms with Gasteiger partial charge in [-0.15, -0.1) is 0 Å². The van der Waals surface area contributed by atoms with Crippen molar-refractivity contribution in [3.05, 3.63) is 53.1 Å². The van der Waals surface area contributed by atoms with Crippen LogP contribution < -0.4 is 19.1 Å². The molecule has 9 nitrogen and oxygen atoms in total. The standard InChI is InChI=1S/C25H32ClN3O6S/c1-4-21(25(31)27-5-2)28(16-18-9-6-7-10-20(18)26)24(30)11-8-14-29(36(3,32)33)19-12-13-22-23(15-19)35-17-34-22/h6-7,9-10,12-13,15,21H,4-5,8,11,14,16-17H2,1-3H3,(H,27,31)/t21-/m0/s1. The van der Waals surface area contributed by atoms with E-state index in [4.69, 9.17) is 21.1 Å². The third-order valence-corrected chi connectivity index (χ3v) is 7.39. The number of fused-ring (bicyclic) bond motifs is 1. The molecule has 3 rings (SSSR count). The van der Waals surface area contributed by atoms with Crippen molar-refractivity contribution < 1.29 is 27.5 Å². The van der Waals surface area contributed by atoms with Crippen molar-refractivity contribution in [2.75, 3.05) is 30.4 Å². The van der Waals surface area contributed by atoms with E-state index in [1.807, 2.05) is 26.0 Å². The number of hydrogen-bond donors (Lipinski definition) is 1. The van der Waals surface area contributed by atoms with Crippen LogP contribution in [0.2, 0.25) is 5.02 Å². The first kappa shape index (κ1) is 27.6. The molecule has 2 amide bonds. The van der Waals surface area contributed by atoms with E-state index < -0.39 is 16.1 Å². The minimum atomic E-state index is -3.62. The van der Waals surface area contributed by atoms with E-state index in [0.29, 0.717) is 35.2 Å². The number of hydrogen-bond acceptors (Lipinski definition) is 6. The predicted molar refractivity (Wildman–Crippen MR) is 139 cm³/mol. The Morgan fingerprint density at radius 1 is 1.11 bits per heavy atom. The van der Waals surface area contributed by atoms with Gasteiger partial charge in [-0.2, -0.15) is 0 Å². The van der Waals surface area contributed by atoms with Crippen LogP contribution in [0.3, 0.4) is 0 Å². The quantitative estimate of drug-likeness (QED) is 0.444. The van der Waals surface area contributed by atoms with Gasteiger partial charge >= 0.3 is 0 Å². The van der Waals surface area contributed by atoms with Gasteiger partial charge in [0.25, 0.3) is 0 Å². The first-order valence-electron chi connectivity index (χ1n) is 11.8. The highest BCUT2D eigenvalue weighted by atomic mass is 35.5. The van der Waals surface area contributed by atoms with E-state index in [9.17, 15) is 18.0 Å². The van der Waals surface area contributed by atoms with Gasteiger partial charge in [0.15, 0.2) is 11.5 Å². The van der Waals surface area contributed by atoms with Crippen LogP contribution in [0.5, 0.6) is 11.5 Å². The zero-order valence-electron chi connectivity index (χ0n) is 20.7. The number of benzene rings is 2. The SMILES string of the molecule is CCNC(=O)[C@H](CC)N(Cc1ccccc1Cl)C(=O)CCCN(c1ccc2c(c1)OCO2)S(C)(=O)=O. The topological polar surface area (TPSA) is 105 Å². The Morgan fingerprint density at radius 2 is 1.83 bits per heavy atom. The molecule has 0 saturated heterocycles. The summed E-state index contributed by atoms with van der Waals surface area (Å²) in [4.78, 5) is 27.7. The normalized spacial score (nSPS) is 13.2. The highest BCUT2D eigenvalue weighted by Crippen LogP contribution is 2.36. The fourth-order valence-electron chi connectivity index (χ4n) is 4.07. The van der Waals surface area contributed by atoms with Crippen LogP contribution in [-0.4, -0.2) is 57.3 Å². The fourth-order valence-corrected chi connectivity index (χ4v) is 5.22. The highest BCUT2D eigenvalue weighted by molar-refractivity contribution is 7.92. The number of sulfonamides is 1. The molecule has 0 unspecified atom stereocenters. The molecule has 1 aliphatic rings. The maximum Gasteiger partial charge on any atom is 0.242 e. The van der Waals surface area contributed by atoms with Gasteiger partial charge in [0, 0.05) is 37.1 Å². The first-order valence-corrected chi connectivity index (χ1v) is 14.1. The number of anilines is 1. The lowest BCUT2D eigenvalue weighted by Crippen LogP contribution is -2.49. The molecule has 196 valence electrons. The van der Waals surface area contributed by atoms with Crippen molar-refractivity contribution in [1.29, 1.82) is 0 Å². The minimum absolute atomic E-state index is 0.0525. The van der Waals surface area contributed by atoms with Crippen LogP contribution in [0.25, 0.3) is 0 Å². The summed E-state index contributed by atoms with van der Waals surface area (Å²) in [6.07, 6.45) is 1.85. The highest BCUT2D eigenvalue weighted by Gasteiger charge is 2.29. The maximum absolute atomic E-state index is 13.4. The lowest BCUT2D eigenvalue weighted by molar-refractivity contribution is -0.141. The lowest BCUT2D eigenvalue weighted by Gasteiger charge is -2.31. The van der Waals surface area contributed by atoms with E-state index in [2.05, 4.69) is 5.32 Å². The number of nitrogens with one attached hydrogen (secondary N) is 1. The van der Waals surface area contributed by atoms with Gasteiger partial charge in [0.05, 0.1) is 11.9 Å². The molecule has 0 aromatic heterocycles. The van der Waals surface area contributed by atoms with Crippen LogP contribution in [0, 0.1) is 0 Å². The van der Waals surface area contributed by atoms with Gasteiger partial charge in [-0.1, -0.05) is 36.7 Å². The van der Waals surface area contributed by atoms with E-state index in [1.54, 1.807) is 30.3 Å². The molecule has 1 atom stereocenters. The van der Waals surface area contributed by atoms with Crippen LogP contribution >= 0.6 is 11.6 Å². The summed E-state index contributed by atoms with van der Waals surface area (Å²) >= 11 is 6.33. The molecular weight excluding hydrogens is 506 g/mol. The molecule has 1 aliphatic heterocycles. The molecule has 0 radical (unpaired) electrons. The van der Waals surface area contributed by atoms with Crippen molar-refractivity contribution in [2.45, 2.75) is 45.7 Å². The van der Waals surface area contributed by atoms with Crippen LogP contribution in [0.1, 0.15) is 38.7 Å². The predicted octanol–water partition coefficient (Wildman–Crippen LogP) is 3.56. The molecule has 36 heavy (non-hydrogen) atoms. The second kappa shape index (κ2) is 12.3. The Bertz CT molecular complexity index is 1190. The number of likely N-dealkylation sites (N-methyl/N-ethyl adjacent to an activating group) is 1. The van der Waals surface area contributed by atoms with Gasteiger partial charge in [-0.3, -0.25) is 13.9 Å². The summed E-state index contributed by atoms with van der Waals surface area (Å²) in [7, 11) is -3.62. The summed E-state index contributed by atoms with van der Waals surface area (Å²) in [5.74, 6) is 0.523. The largest absolute Gasteiger partial charge is 0.454 e. The Hall–Kier alpha value is -2.98. The Labute approximate surface area is 217 Å². The molecule has 11 heteroatoms. The lowest BCUT2D eigenvalue weighted by atomic mass is 10.1. The number of carbonyl (C=O) groups is 2. The Kier molecular flexibility index (Phi) is 9.44. The third kappa shape index (κ3) is 6.82. The summed E-state index contributed by atoms with van der Waals surface area (Å²) in [6.45, 7) is 4.45. The van der Waals surface area contributed by atoms with E-state index in [0.717, 1.165) is 11.8 Å². The fraction of sp³-hybridized carbons (Fsp3) is 0.440. The minimum Gasteiger partial charge on any atom is -0.454 e. The Balaban J connectivity index is 1.76. The van der Waals surface area contributed by atoms with Crippen molar-refractivity contribution in [3.63, 3.8) is 0 Å². The summed E-state index contributed by atoms with van der Waals surface area (Å²) in [5.41, 5.74) is 1.16. The van der Waals surface area contributed by atoms with Crippen LogP contribution in [-0.2, 0) is 26.2 Å². The smallest absolute Gasteiger partial charge is 0.242 e. The molecule has 1 heterocycles. The van der Waals surface area contributed by atoms with E-state index >= 15 is 0 Å². The first-order chi connectivity index (χ1) is 17.2. The second-order valence-electron chi connectivity index (χ2n) is 8.41. The molecule has 0 spiro atoms. The van der Waals surface area contributed by atoms with Crippen molar-refractivity contribution in [3.8, 4) is 11.5 Å². The molecular formula is C25H32ClN3O6S. The van der Waals surface area contributed by atoms with Gasteiger partial charge in [0.1, 0.15) is 6.04 Å². The van der Waals surface area contributed by atoms with Crippen molar-refractivity contribution in [1.82, 2.24) is 10.2 Å². The number of nitrogens with zero attached hydrogens (tertiary/aromatic N) is 2. The van der Waals surface area contributed by atoms with Gasteiger partial charge in [-0.05, 0) is 43.5 Å². The molecule has 0 saturated carbocycles. The molecule has 1 N–H and O–H groups in total. The second-order valence-corrected chi connectivity index (χ2v) is 10.7. The molecule has 0 fully saturated rings.